The molecule has 1 atom stereocenters. The summed E-state index contributed by atoms with van der Waals surface area (Å²) in [4.78, 5) is 0. The lowest BCUT2D eigenvalue weighted by atomic mass is 10.1. The summed E-state index contributed by atoms with van der Waals surface area (Å²) in [5.74, 6) is 0.516. The van der Waals surface area contributed by atoms with Crippen molar-refractivity contribution in [3.63, 3.8) is 0 Å². The average molecular weight is 135 g/mol. The molecule has 0 aromatic carbocycles. The van der Waals surface area contributed by atoms with E-state index >= 15 is 0 Å². The summed E-state index contributed by atoms with van der Waals surface area (Å²) in [6.45, 7) is 4.28. The Morgan fingerprint density at radius 2 is 2.50 bits per heavy atom. The van der Waals surface area contributed by atoms with E-state index in [4.69, 9.17) is 0 Å². The zero-order valence-corrected chi connectivity index (χ0v) is 6.33. The van der Waals surface area contributed by atoms with E-state index in [0.29, 0.717) is 5.92 Å². The highest BCUT2D eigenvalue weighted by molar-refractivity contribution is 5.03. The highest BCUT2D eigenvalue weighted by atomic mass is 15.1. The van der Waals surface area contributed by atoms with Crippen molar-refractivity contribution in [2.45, 2.75) is 26.2 Å². The van der Waals surface area contributed by atoms with Gasteiger partial charge in [-0.3, -0.25) is 0 Å². The largest absolute Gasteiger partial charge is 0.155 e. The van der Waals surface area contributed by atoms with Gasteiger partial charge in [-0.05, 0) is 24.5 Å². The normalized spacial score (nSPS) is 13.0. The first-order valence-electron chi connectivity index (χ1n) is 3.54. The molecule has 0 fully saturated rings. The molecule has 1 aromatic heterocycles. The lowest BCUT2D eigenvalue weighted by Crippen LogP contribution is -1.95. The number of hydrogen-bond donors (Lipinski definition) is 0. The van der Waals surface area contributed by atoms with Crippen LogP contribution in [0.5, 0.6) is 0 Å². The molecule has 10 heavy (non-hydrogen) atoms. The molecule has 0 aliphatic carbocycles. The van der Waals surface area contributed by atoms with Crippen molar-refractivity contribution in [3.05, 3.63) is 24.0 Å². The topological polar surface area (TPSA) is 25.8 Å². The Morgan fingerprint density at radius 1 is 1.70 bits per heavy atom. The molecule has 0 spiro atoms. The van der Waals surface area contributed by atoms with Crippen LogP contribution in [0.25, 0.3) is 0 Å². The second-order valence-corrected chi connectivity index (χ2v) is 2.40. The Morgan fingerprint density at radius 3 is 3.00 bits per heavy atom. The summed E-state index contributed by atoms with van der Waals surface area (Å²) in [7, 11) is 0. The van der Waals surface area contributed by atoms with E-state index in [1.807, 2.05) is 6.07 Å². The molecule has 2 heteroatoms. The monoisotopic (exact) mass is 135 g/mol. The molecule has 0 saturated carbocycles. The van der Waals surface area contributed by atoms with Gasteiger partial charge in [0.05, 0.1) is 5.69 Å². The Hall–Kier alpha value is -0.920. The minimum atomic E-state index is 0.516. The Labute approximate surface area is 61.3 Å². The van der Waals surface area contributed by atoms with Gasteiger partial charge in [0.1, 0.15) is 6.20 Å². The SMILES string of the molecule is CCC(C)c1cc[c]nn1. The van der Waals surface area contributed by atoms with Crippen LogP contribution in [0.1, 0.15) is 31.9 Å². The van der Waals surface area contributed by atoms with E-state index in [2.05, 4.69) is 30.2 Å². The van der Waals surface area contributed by atoms with Crippen LogP contribution < -0.4 is 0 Å². The minimum absolute atomic E-state index is 0.516. The third-order valence-corrected chi connectivity index (χ3v) is 1.67. The van der Waals surface area contributed by atoms with Crippen LogP contribution in [0.4, 0.5) is 0 Å². The molecular weight excluding hydrogens is 124 g/mol. The second kappa shape index (κ2) is 3.30. The van der Waals surface area contributed by atoms with Gasteiger partial charge in [-0.1, -0.05) is 13.8 Å². The van der Waals surface area contributed by atoms with Gasteiger partial charge in [0.15, 0.2) is 0 Å². The molecule has 0 saturated heterocycles. The van der Waals surface area contributed by atoms with Crippen molar-refractivity contribution in [2.24, 2.45) is 0 Å². The third kappa shape index (κ3) is 1.53. The zero-order chi connectivity index (χ0) is 7.40. The van der Waals surface area contributed by atoms with Gasteiger partial charge >= 0.3 is 0 Å². The average Bonchev–Trinajstić information content (AvgIpc) is 2.05. The highest BCUT2D eigenvalue weighted by Crippen LogP contribution is 2.13. The van der Waals surface area contributed by atoms with Gasteiger partial charge in [0.25, 0.3) is 0 Å². The Balaban J connectivity index is 2.75. The van der Waals surface area contributed by atoms with Crippen LogP contribution in [0.2, 0.25) is 0 Å². The van der Waals surface area contributed by atoms with Crippen molar-refractivity contribution >= 4 is 0 Å². The molecule has 0 N–H and O–H groups in total. The molecule has 0 aliphatic heterocycles. The van der Waals surface area contributed by atoms with Crippen molar-refractivity contribution < 1.29 is 0 Å². The Kier molecular flexibility index (Phi) is 2.37. The molecule has 1 heterocycles. The highest BCUT2D eigenvalue weighted by Gasteiger charge is 2.01. The summed E-state index contributed by atoms with van der Waals surface area (Å²) < 4.78 is 0. The summed E-state index contributed by atoms with van der Waals surface area (Å²) in [6, 6.07) is 3.76. The van der Waals surface area contributed by atoms with Crippen molar-refractivity contribution in [2.75, 3.05) is 0 Å². The molecule has 1 rings (SSSR count). The molecular formula is C8H11N2. The standard InChI is InChI=1S/C8H11N2/c1-3-7(2)8-5-4-6-9-10-8/h4-5,7H,3H2,1-2H3. The molecule has 1 unspecified atom stereocenters. The lowest BCUT2D eigenvalue weighted by Gasteiger charge is -2.03. The maximum Gasteiger partial charge on any atom is 0.113 e. The van der Waals surface area contributed by atoms with E-state index in [-0.39, 0.29) is 0 Å². The van der Waals surface area contributed by atoms with Gasteiger partial charge in [0, 0.05) is 0 Å². The van der Waals surface area contributed by atoms with Gasteiger partial charge in [-0.15, -0.1) is 5.10 Å². The predicted octanol–water partition coefficient (Wildman–Crippen LogP) is 1.79. The summed E-state index contributed by atoms with van der Waals surface area (Å²) >= 11 is 0. The van der Waals surface area contributed by atoms with Crippen LogP contribution in [0, 0.1) is 6.20 Å². The van der Waals surface area contributed by atoms with Crippen molar-refractivity contribution in [1.82, 2.24) is 10.2 Å². The van der Waals surface area contributed by atoms with Gasteiger partial charge in [-0.25, -0.2) is 0 Å². The van der Waals surface area contributed by atoms with Crippen molar-refractivity contribution in [1.29, 1.82) is 0 Å². The van der Waals surface area contributed by atoms with E-state index in [9.17, 15) is 0 Å². The molecule has 2 nitrogen and oxygen atoms in total. The fraction of sp³-hybridized carbons (Fsp3) is 0.500. The quantitative estimate of drug-likeness (QED) is 0.617. The minimum Gasteiger partial charge on any atom is -0.155 e. The van der Waals surface area contributed by atoms with Gasteiger partial charge < -0.3 is 0 Å². The molecule has 1 aromatic rings. The summed E-state index contributed by atoms with van der Waals surface area (Å²) in [5.41, 5.74) is 1.06. The number of nitrogens with zero attached hydrogens (tertiary/aromatic N) is 2. The van der Waals surface area contributed by atoms with Crippen LogP contribution in [-0.4, -0.2) is 10.2 Å². The first-order chi connectivity index (χ1) is 4.84. The maximum atomic E-state index is 3.94. The predicted molar refractivity (Wildman–Crippen MR) is 39.6 cm³/mol. The van der Waals surface area contributed by atoms with Gasteiger partial charge in [0.2, 0.25) is 0 Å². The van der Waals surface area contributed by atoms with Crippen molar-refractivity contribution in [3.8, 4) is 0 Å². The number of hydrogen-bond acceptors (Lipinski definition) is 2. The first-order valence-corrected chi connectivity index (χ1v) is 3.54. The van der Waals surface area contributed by atoms with E-state index in [1.54, 1.807) is 6.07 Å². The van der Waals surface area contributed by atoms with Gasteiger partial charge in [-0.2, -0.15) is 5.10 Å². The third-order valence-electron chi connectivity index (χ3n) is 1.67. The molecule has 0 bridgehead atoms. The molecule has 53 valence electrons. The van der Waals surface area contributed by atoms with E-state index in [0.717, 1.165) is 12.1 Å². The summed E-state index contributed by atoms with van der Waals surface area (Å²) in [6.07, 6.45) is 3.76. The smallest absolute Gasteiger partial charge is 0.113 e. The zero-order valence-electron chi connectivity index (χ0n) is 6.33. The van der Waals surface area contributed by atoms with Crippen LogP contribution in [0.15, 0.2) is 12.1 Å². The molecule has 0 aliphatic rings. The molecule has 1 radical (unpaired) electrons. The number of rotatable bonds is 2. The maximum absolute atomic E-state index is 3.94. The first kappa shape index (κ1) is 7.19. The number of aromatic nitrogens is 2. The van der Waals surface area contributed by atoms with E-state index < -0.39 is 0 Å². The summed E-state index contributed by atoms with van der Waals surface area (Å²) in [5, 5.41) is 7.62. The van der Waals surface area contributed by atoms with Crippen LogP contribution in [0.3, 0.4) is 0 Å². The Bertz CT molecular complexity index is 184. The van der Waals surface area contributed by atoms with Crippen LogP contribution in [-0.2, 0) is 0 Å². The lowest BCUT2D eigenvalue weighted by molar-refractivity contribution is 0.690. The van der Waals surface area contributed by atoms with Crippen LogP contribution >= 0.6 is 0 Å². The fourth-order valence-electron chi connectivity index (χ4n) is 0.748. The van der Waals surface area contributed by atoms with E-state index in [1.165, 1.54) is 0 Å². The second-order valence-electron chi connectivity index (χ2n) is 2.40. The molecule has 0 amide bonds. The fourth-order valence-corrected chi connectivity index (χ4v) is 0.748.